The van der Waals surface area contributed by atoms with Gasteiger partial charge in [0.1, 0.15) is 12.4 Å². The van der Waals surface area contributed by atoms with Crippen LogP contribution in [0.4, 0.5) is 0 Å². The van der Waals surface area contributed by atoms with Crippen LogP contribution in [0, 0.1) is 0 Å². The molecule has 0 heterocycles. The lowest BCUT2D eigenvalue weighted by Gasteiger charge is -2.18. The number of rotatable bonds is 5. The van der Waals surface area contributed by atoms with Crippen molar-refractivity contribution in [1.82, 2.24) is 5.32 Å². The highest BCUT2D eigenvalue weighted by Crippen LogP contribution is 2.20. The minimum absolute atomic E-state index is 0.0637. The summed E-state index contributed by atoms with van der Waals surface area (Å²) in [5.41, 5.74) is -0.290. The summed E-state index contributed by atoms with van der Waals surface area (Å²) in [6.45, 7) is 3.55. The van der Waals surface area contributed by atoms with Crippen molar-refractivity contribution in [2.75, 3.05) is 6.61 Å². The lowest BCUT2D eigenvalue weighted by molar-refractivity contribution is 0.0285. The molecule has 4 nitrogen and oxygen atoms in total. The molecule has 0 bridgehead atoms. The maximum absolute atomic E-state index is 11.8. The summed E-state index contributed by atoms with van der Waals surface area (Å²) in [5, 5.41) is 12.5. The molecule has 98 valence electrons. The summed E-state index contributed by atoms with van der Waals surface area (Å²) < 4.78 is 5.45. The first kappa shape index (κ1) is 12.9. The molecule has 1 aromatic carbocycles. The molecule has 1 aliphatic rings. The van der Waals surface area contributed by atoms with Gasteiger partial charge in [-0.25, -0.2) is 0 Å². The first-order valence-corrected chi connectivity index (χ1v) is 6.20. The van der Waals surface area contributed by atoms with Gasteiger partial charge in [0.25, 0.3) is 5.91 Å². The van der Waals surface area contributed by atoms with Gasteiger partial charge in [0, 0.05) is 11.6 Å². The predicted molar refractivity (Wildman–Crippen MR) is 68.7 cm³/mol. The van der Waals surface area contributed by atoms with E-state index in [0.29, 0.717) is 17.4 Å². The van der Waals surface area contributed by atoms with Gasteiger partial charge in [-0.1, -0.05) is 6.07 Å². The van der Waals surface area contributed by atoms with Crippen molar-refractivity contribution in [2.45, 2.75) is 38.3 Å². The number of benzene rings is 1. The van der Waals surface area contributed by atoms with Gasteiger partial charge in [-0.15, -0.1) is 0 Å². The summed E-state index contributed by atoms with van der Waals surface area (Å²) >= 11 is 0. The standard InChI is InChI=1S/C14H19NO3/c1-14(2,17)9-18-12-5-3-4-10(8-12)13(16)15-11-6-7-11/h3-5,8,11,17H,6-7,9H2,1-2H3,(H,15,16). The fourth-order valence-electron chi connectivity index (χ4n) is 1.48. The van der Waals surface area contributed by atoms with Crippen molar-refractivity contribution in [2.24, 2.45) is 0 Å². The Kier molecular flexibility index (Phi) is 3.57. The van der Waals surface area contributed by atoms with Crippen molar-refractivity contribution in [3.05, 3.63) is 29.8 Å². The van der Waals surface area contributed by atoms with Gasteiger partial charge in [0.2, 0.25) is 0 Å². The van der Waals surface area contributed by atoms with Crippen LogP contribution in [-0.2, 0) is 0 Å². The molecule has 0 saturated heterocycles. The molecule has 0 aromatic heterocycles. The Morgan fingerprint density at radius 3 is 2.83 bits per heavy atom. The second-order valence-corrected chi connectivity index (χ2v) is 5.38. The fourth-order valence-corrected chi connectivity index (χ4v) is 1.48. The lowest BCUT2D eigenvalue weighted by Crippen LogP contribution is -2.28. The first-order chi connectivity index (χ1) is 8.44. The van der Waals surface area contributed by atoms with Crippen LogP contribution in [0.5, 0.6) is 5.75 Å². The maximum Gasteiger partial charge on any atom is 0.251 e. The summed E-state index contributed by atoms with van der Waals surface area (Å²) in [7, 11) is 0. The van der Waals surface area contributed by atoms with E-state index in [0.717, 1.165) is 12.8 Å². The normalized spacial score (nSPS) is 15.3. The topological polar surface area (TPSA) is 58.6 Å². The monoisotopic (exact) mass is 249 g/mol. The van der Waals surface area contributed by atoms with Gasteiger partial charge in [-0.3, -0.25) is 4.79 Å². The number of carbonyl (C=O) groups is 1. The second kappa shape index (κ2) is 4.98. The molecule has 1 saturated carbocycles. The number of amides is 1. The molecule has 2 rings (SSSR count). The quantitative estimate of drug-likeness (QED) is 0.835. The van der Waals surface area contributed by atoms with E-state index in [4.69, 9.17) is 4.74 Å². The Morgan fingerprint density at radius 1 is 1.50 bits per heavy atom. The molecule has 2 N–H and O–H groups in total. The van der Waals surface area contributed by atoms with Gasteiger partial charge in [0.15, 0.2) is 0 Å². The van der Waals surface area contributed by atoms with E-state index in [2.05, 4.69) is 5.32 Å². The molecule has 0 aliphatic heterocycles. The largest absolute Gasteiger partial charge is 0.491 e. The van der Waals surface area contributed by atoms with Crippen molar-refractivity contribution >= 4 is 5.91 Å². The van der Waals surface area contributed by atoms with E-state index in [1.165, 1.54) is 0 Å². The second-order valence-electron chi connectivity index (χ2n) is 5.38. The molecule has 4 heteroatoms. The van der Waals surface area contributed by atoms with Crippen LogP contribution in [0.1, 0.15) is 37.0 Å². The van der Waals surface area contributed by atoms with Gasteiger partial charge in [-0.05, 0) is 44.9 Å². The van der Waals surface area contributed by atoms with E-state index in [-0.39, 0.29) is 12.5 Å². The van der Waals surface area contributed by atoms with Crippen LogP contribution in [0.2, 0.25) is 0 Å². The van der Waals surface area contributed by atoms with Crippen molar-refractivity contribution in [1.29, 1.82) is 0 Å². The van der Waals surface area contributed by atoms with Crippen LogP contribution in [0.15, 0.2) is 24.3 Å². The fraction of sp³-hybridized carbons (Fsp3) is 0.500. The van der Waals surface area contributed by atoms with Crippen LogP contribution in [0.3, 0.4) is 0 Å². The van der Waals surface area contributed by atoms with Crippen LogP contribution >= 0.6 is 0 Å². The minimum Gasteiger partial charge on any atom is -0.491 e. The SMILES string of the molecule is CC(C)(O)COc1cccc(C(=O)NC2CC2)c1. The molecule has 1 aliphatic carbocycles. The van der Waals surface area contributed by atoms with E-state index >= 15 is 0 Å². The third-order valence-corrected chi connectivity index (χ3v) is 2.60. The number of aliphatic hydroxyl groups is 1. The number of nitrogens with one attached hydrogen (secondary N) is 1. The maximum atomic E-state index is 11.8. The predicted octanol–water partition coefficient (Wildman–Crippen LogP) is 1.73. The summed E-state index contributed by atoms with van der Waals surface area (Å²) in [6, 6.07) is 7.36. The highest BCUT2D eigenvalue weighted by atomic mass is 16.5. The van der Waals surface area contributed by atoms with Crippen molar-refractivity contribution in [3.8, 4) is 5.75 Å². The highest BCUT2D eigenvalue weighted by molar-refractivity contribution is 5.94. The zero-order valence-corrected chi connectivity index (χ0v) is 10.8. The summed E-state index contributed by atoms with van der Waals surface area (Å²) in [5.74, 6) is 0.534. The van der Waals surface area contributed by atoms with Gasteiger partial charge in [-0.2, -0.15) is 0 Å². The number of hydrogen-bond donors (Lipinski definition) is 2. The average molecular weight is 249 g/mol. The van der Waals surface area contributed by atoms with Gasteiger partial charge >= 0.3 is 0 Å². The molecular weight excluding hydrogens is 230 g/mol. The Hall–Kier alpha value is -1.55. The highest BCUT2D eigenvalue weighted by Gasteiger charge is 2.23. The number of hydrogen-bond acceptors (Lipinski definition) is 3. The zero-order chi connectivity index (χ0) is 13.2. The van der Waals surface area contributed by atoms with Crippen LogP contribution in [0.25, 0.3) is 0 Å². The third-order valence-electron chi connectivity index (χ3n) is 2.60. The summed E-state index contributed by atoms with van der Waals surface area (Å²) in [6.07, 6.45) is 2.14. The molecule has 1 fully saturated rings. The molecule has 0 radical (unpaired) electrons. The van der Waals surface area contributed by atoms with Crippen LogP contribution in [-0.4, -0.2) is 29.3 Å². The summed E-state index contributed by atoms with van der Waals surface area (Å²) in [4.78, 5) is 11.8. The first-order valence-electron chi connectivity index (χ1n) is 6.20. The Morgan fingerprint density at radius 2 is 2.22 bits per heavy atom. The van der Waals surface area contributed by atoms with E-state index < -0.39 is 5.60 Å². The third kappa shape index (κ3) is 4.04. The Balaban J connectivity index is 1.97. The van der Waals surface area contributed by atoms with Gasteiger partial charge in [0.05, 0.1) is 5.60 Å². The Labute approximate surface area is 107 Å². The molecule has 0 spiro atoms. The molecular formula is C14H19NO3. The zero-order valence-electron chi connectivity index (χ0n) is 10.8. The molecule has 1 amide bonds. The molecule has 0 atom stereocenters. The average Bonchev–Trinajstić information content (AvgIpc) is 3.10. The van der Waals surface area contributed by atoms with E-state index in [9.17, 15) is 9.90 Å². The number of ether oxygens (including phenoxy) is 1. The molecule has 1 aromatic rings. The van der Waals surface area contributed by atoms with Crippen LogP contribution < -0.4 is 10.1 Å². The smallest absolute Gasteiger partial charge is 0.251 e. The lowest BCUT2D eigenvalue weighted by atomic mass is 10.1. The van der Waals surface area contributed by atoms with Crippen molar-refractivity contribution in [3.63, 3.8) is 0 Å². The molecule has 18 heavy (non-hydrogen) atoms. The van der Waals surface area contributed by atoms with Crippen molar-refractivity contribution < 1.29 is 14.6 Å². The van der Waals surface area contributed by atoms with E-state index in [1.54, 1.807) is 38.1 Å². The molecule has 0 unspecified atom stereocenters. The minimum atomic E-state index is -0.883. The van der Waals surface area contributed by atoms with E-state index in [1.807, 2.05) is 0 Å². The Bertz CT molecular complexity index is 433. The van der Waals surface area contributed by atoms with Gasteiger partial charge < -0.3 is 15.2 Å². The number of carbonyl (C=O) groups excluding carboxylic acids is 1.